The number of thioether (sulfide) groups is 1. The highest BCUT2D eigenvalue weighted by atomic mass is 35.5. The number of halogens is 1. The van der Waals surface area contributed by atoms with Crippen molar-refractivity contribution in [2.75, 3.05) is 11.5 Å². The molecule has 3 rings (SSSR count). The molecule has 0 amide bonds. The van der Waals surface area contributed by atoms with Crippen LogP contribution in [0.5, 0.6) is 0 Å². The molecule has 5 heteroatoms. The van der Waals surface area contributed by atoms with Gasteiger partial charge in [0, 0.05) is 21.5 Å². The minimum atomic E-state index is 0.307. The minimum Gasteiger partial charge on any atom is -0.301 e. The molecule has 0 radical (unpaired) electrons. The van der Waals surface area contributed by atoms with E-state index in [9.17, 15) is 0 Å². The summed E-state index contributed by atoms with van der Waals surface area (Å²) in [5.41, 5.74) is 0. The van der Waals surface area contributed by atoms with E-state index in [1.54, 1.807) is 11.3 Å². The standard InChI is InChI=1S/C14H16ClNS3/c15-13-6-5-12(19-13)14(11-4-2-8-18-11)16-10-3-1-7-17-9-10/h2,4-6,8,10,14,16H,1,3,7,9H2. The maximum absolute atomic E-state index is 6.10. The molecular weight excluding hydrogens is 314 g/mol. The lowest BCUT2D eigenvalue weighted by Crippen LogP contribution is -2.36. The van der Waals surface area contributed by atoms with Gasteiger partial charge in [-0.2, -0.15) is 11.8 Å². The largest absolute Gasteiger partial charge is 0.301 e. The first-order valence-electron chi connectivity index (χ1n) is 6.45. The number of hydrogen-bond acceptors (Lipinski definition) is 4. The van der Waals surface area contributed by atoms with E-state index in [2.05, 4.69) is 40.7 Å². The Kier molecular flexibility index (Phi) is 4.87. The van der Waals surface area contributed by atoms with Gasteiger partial charge in [0.2, 0.25) is 0 Å². The second-order valence-electron chi connectivity index (χ2n) is 4.67. The van der Waals surface area contributed by atoms with Crippen LogP contribution in [-0.4, -0.2) is 17.5 Å². The topological polar surface area (TPSA) is 12.0 Å². The van der Waals surface area contributed by atoms with Gasteiger partial charge in [0.15, 0.2) is 0 Å². The highest BCUT2D eigenvalue weighted by molar-refractivity contribution is 7.99. The van der Waals surface area contributed by atoms with Crippen molar-refractivity contribution in [1.29, 1.82) is 0 Å². The van der Waals surface area contributed by atoms with Gasteiger partial charge in [0.05, 0.1) is 10.4 Å². The molecule has 1 aliphatic heterocycles. The van der Waals surface area contributed by atoms with Crippen molar-refractivity contribution in [2.45, 2.75) is 24.9 Å². The van der Waals surface area contributed by atoms with Crippen molar-refractivity contribution < 1.29 is 0 Å². The molecule has 2 unspecified atom stereocenters. The highest BCUT2D eigenvalue weighted by Gasteiger charge is 2.22. The number of nitrogens with one attached hydrogen (secondary N) is 1. The fourth-order valence-electron chi connectivity index (χ4n) is 2.35. The Morgan fingerprint density at radius 3 is 2.84 bits per heavy atom. The summed E-state index contributed by atoms with van der Waals surface area (Å²) in [6, 6.07) is 9.42. The van der Waals surface area contributed by atoms with E-state index in [4.69, 9.17) is 11.6 Å². The zero-order valence-corrected chi connectivity index (χ0v) is 13.7. The molecule has 1 aliphatic rings. The lowest BCUT2D eigenvalue weighted by Gasteiger charge is -2.27. The molecule has 2 aromatic rings. The summed E-state index contributed by atoms with van der Waals surface area (Å²) in [6.07, 6.45) is 2.61. The Labute approximate surface area is 131 Å². The molecule has 2 aromatic heterocycles. The molecule has 0 aromatic carbocycles. The maximum atomic E-state index is 6.10. The molecule has 1 N–H and O–H groups in total. The fraction of sp³-hybridized carbons (Fsp3) is 0.429. The molecular formula is C14H16ClNS3. The van der Waals surface area contributed by atoms with Crippen LogP contribution < -0.4 is 5.32 Å². The van der Waals surface area contributed by atoms with Gasteiger partial charge in [-0.25, -0.2) is 0 Å². The summed E-state index contributed by atoms with van der Waals surface area (Å²) in [5, 5.41) is 5.98. The maximum Gasteiger partial charge on any atom is 0.0931 e. The predicted molar refractivity (Wildman–Crippen MR) is 89.0 cm³/mol. The van der Waals surface area contributed by atoms with E-state index in [1.165, 1.54) is 34.1 Å². The lowest BCUT2D eigenvalue weighted by atomic mass is 10.1. The number of hydrogen-bond donors (Lipinski definition) is 1. The SMILES string of the molecule is Clc1ccc(C(NC2CCCSC2)c2cccs2)s1. The Hall–Kier alpha value is -0.0000000000000000555. The van der Waals surface area contributed by atoms with Crippen molar-refractivity contribution in [2.24, 2.45) is 0 Å². The summed E-state index contributed by atoms with van der Waals surface area (Å²) in [5.74, 6) is 2.54. The first-order chi connectivity index (χ1) is 9.33. The van der Waals surface area contributed by atoms with Crippen molar-refractivity contribution in [3.63, 3.8) is 0 Å². The second-order valence-corrected chi connectivity index (χ2v) is 8.55. The van der Waals surface area contributed by atoms with E-state index in [0.29, 0.717) is 12.1 Å². The van der Waals surface area contributed by atoms with E-state index in [0.717, 1.165) is 4.34 Å². The van der Waals surface area contributed by atoms with Crippen molar-refractivity contribution in [3.8, 4) is 0 Å². The van der Waals surface area contributed by atoms with E-state index in [-0.39, 0.29) is 0 Å². The average Bonchev–Trinajstić information content (AvgIpc) is 3.09. The Bertz CT molecular complexity index is 503. The fourth-order valence-corrected chi connectivity index (χ4v) is 5.45. The predicted octanol–water partition coefficient (Wildman–Crippen LogP) is 5.04. The minimum absolute atomic E-state index is 0.307. The van der Waals surface area contributed by atoms with Gasteiger partial charge < -0.3 is 5.32 Å². The lowest BCUT2D eigenvalue weighted by molar-refractivity contribution is 0.475. The normalized spacial score (nSPS) is 21.4. The van der Waals surface area contributed by atoms with Crippen LogP contribution in [0.2, 0.25) is 4.34 Å². The molecule has 1 nitrogen and oxygen atoms in total. The van der Waals surface area contributed by atoms with Crippen molar-refractivity contribution >= 4 is 46.0 Å². The summed E-state index contributed by atoms with van der Waals surface area (Å²) in [6.45, 7) is 0. The molecule has 1 saturated heterocycles. The molecule has 3 heterocycles. The van der Waals surface area contributed by atoms with E-state index < -0.39 is 0 Å². The zero-order valence-electron chi connectivity index (χ0n) is 10.5. The third-order valence-corrected chi connectivity index (χ3v) is 6.72. The van der Waals surface area contributed by atoms with Crippen LogP contribution in [0, 0.1) is 0 Å². The van der Waals surface area contributed by atoms with Gasteiger partial charge >= 0.3 is 0 Å². The quantitative estimate of drug-likeness (QED) is 0.843. The van der Waals surface area contributed by atoms with Gasteiger partial charge in [-0.1, -0.05) is 17.7 Å². The van der Waals surface area contributed by atoms with Gasteiger partial charge in [0.25, 0.3) is 0 Å². The molecule has 1 fully saturated rings. The Morgan fingerprint density at radius 1 is 1.26 bits per heavy atom. The average molecular weight is 330 g/mol. The van der Waals surface area contributed by atoms with Gasteiger partial charge in [-0.15, -0.1) is 22.7 Å². The van der Waals surface area contributed by atoms with Crippen LogP contribution in [-0.2, 0) is 0 Å². The van der Waals surface area contributed by atoms with Crippen molar-refractivity contribution in [3.05, 3.63) is 43.7 Å². The third-order valence-electron chi connectivity index (χ3n) is 3.27. The van der Waals surface area contributed by atoms with Gasteiger partial charge in [0.1, 0.15) is 0 Å². The monoisotopic (exact) mass is 329 g/mol. The second kappa shape index (κ2) is 6.64. The molecule has 0 aliphatic carbocycles. The highest BCUT2D eigenvalue weighted by Crippen LogP contribution is 2.34. The van der Waals surface area contributed by atoms with Gasteiger partial charge in [-0.05, 0) is 42.2 Å². The summed E-state index contributed by atoms with van der Waals surface area (Å²) in [4.78, 5) is 2.71. The Morgan fingerprint density at radius 2 is 2.21 bits per heavy atom. The van der Waals surface area contributed by atoms with Crippen LogP contribution in [0.4, 0.5) is 0 Å². The van der Waals surface area contributed by atoms with Crippen LogP contribution in [0.25, 0.3) is 0 Å². The number of rotatable bonds is 4. The molecule has 102 valence electrons. The molecule has 0 saturated carbocycles. The van der Waals surface area contributed by atoms with Gasteiger partial charge in [-0.3, -0.25) is 0 Å². The third kappa shape index (κ3) is 3.56. The summed E-state index contributed by atoms with van der Waals surface area (Å²) < 4.78 is 0.872. The first kappa shape index (κ1) is 14.0. The molecule has 2 atom stereocenters. The van der Waals surface area contributed by atoms with Crippen molar-refractivity contribution in [1.82, 2.24) is 5.32 Å². The van der Waals surface area contributed by atoms with Crippen LogP contribution in [0.1, 0.15) is 28.6 Å². The summed E-state index contributed by atoms with van der Waals surface area (Å²) >= 11 is 11.7. The summed E-state index contributed by atoms with van der Waals surface area (Å²) in [7, 11) is 0. The molecule has 19 heavy (non-hydrogen) atoms. The number of thiophene rings is 2. The molecule has 0 spiro atoms. The van der Waals surface area contributed by atoms with Crippen LogP contribution in [0.3, 0.4) is 0 Å². The van der Waals surface area contributed by atoms with E-state index in [1.807, 2.05) is 17.4 Å². The van der Waals surface area contributed by atoms with Crippen LogP contribution in [0.15, 0.2) is 29.6 Å². The van der Waals surface area contributed by atoms with Crippen LogP contribution >= 0.6 is 46.0 Å². The Balaban J connectivity index is 1.80. The van der Waals surface area contributed by atoms with E-state index >= 15 is 0 Å². The smallest absolute Gasteiger partial charge is 0.0931 e. The first-order valence-corrected chi connectivity index (χ1v) is 9.68. The zero-order chi connectivity index (χ0) is 13.1. The molecule has 0 bridgehead atoms.